The van der Waals surface area contributed by atoms with Crippen LogP contribution in [0.3, 0.4) is 0 Å². The molecule has 0 bridgehead atoms. The summed E-state index contributed by atoms with van der Waals surface area (Å²) in [5.41, 5.74) is 1.63. The molecular weight excluding hydrogens is 304 g/mol. The quantitative estimate of drug-likeness (QED) is 0.469. The third-order valence-electron chi connectivity index (χ3n) is 2.28. The lowest BCUT2D eigenvalue weighted by Crippen LogP contribution is -1.95. The number of benzene rings is 2. The van der Waals surface area contributed by atoms with Crippen LogP contribution in [0.15, 0.2) is 74.5 Å². The van der Waals surface area contributed by atoms with Gasteiger partial charge in [-0.1, -0.05) is 46.3 Å². The Hall–Kier alpha value is -2.32. The van der Waals surface area contributed by atoms with E-state index in [1.165, 1.54) is 0 Å². The molecular formula is C14H9BrN4. The molecule has 0 aliphatic rings. The average Bonchev–Trinajstić information content (AvgIpc) is 2.46. The Morgan fingerprint density at radius 3 is 2.32 bits per heavy atom. The van der Waals surface area contributed by atoms with Gasteiger partial charge in [-0.15, -0.1) is 10.2 Å². The number of hydrogen-bond donors (Lipinski definition) is 0. The van der Waals surface area contributed by atoms with Gasteiger partial charge in [0.25, 0.3) is 0 Å². The van der Waals surface area contributed by atoms with Gasteiger partial charge in [-0.2, -0.15) is 5.26 Å². The van der Waals surface area contributed by atoms with E-state index in [4.69, 9.17) is 5.26 Å². The third kappa shape index (κ3) is 3.83. The van der Waals surface area contributed by atoms with Crippen molar-refractivity contribution in [3.8, 4) is 6.07 Å². The Kier molecular flexibility index (Phi) is 4.54. The van der Waals surface area contributed by atoms with Crippen molar-refractivity contribution in [3.63, 3.8) is 0 Å². The molecule has 0 amide bonds. The molecule has 0 N–H and O–H groups in total. The predicted octanol–water partition coefficient (Wildman–Crippen LogP) is 4.46. The van der Waals surface area contributed by atoms with Crippen LogP contribution in [0.5, 0.6) is 0 Å². The fraction of sp³-hybridized carbons (Fsp3) is 0. The largest absolute Gasteiger partial charge is 0.191 e. The summed E-state index contributed by atoms with van der Waals surface area (Å²) < 4.78 is 0.944. The number of halogens is 1. The Labute approximate surface area is 119 Å². The fourth-order valence-corrected chi connectivity index (χ4v) is 1.63. The highest BCUT2D eigenvalue weighted by Crippen LogP contribution is 2.13. The normalized spacial score (nSPS) is 11.5. The van der Waals surface area contributed by atoms with Gasteiger partial charge in [0.05, 0.1) is 5.69 Å². The van der Waals surface area contributed by atoms with Gasteiger partial charge in [0.15, 0.2) is 5.71 Å². The fourth-order valence-electron chi connectivity index (χ4n) is 1.37. The van der Waals surface area contributed by atoms with E-state index in [1.807, 2.05) is 48.5 Å². The van der Waals surface area contributed by atoms with E-state index < -0.39 is 0 Å². The van der Waals surface area contributed by atoms with Crippen LogP contribution in [-0.4, -0.2) is 5.71 Å². The van der Waals surface area contributed by atoms with E-state index in [-0.39, 0.29) is 5.71 Å². The minimum atomic E-state index is 0.229. The summed E-state index contributed by atoms with van der Waals surface area (Å²) in [5.74, 6) is 0. The van der Waals surface area contributed by atoms with Gasteiger partial charge in [0.2, 0.25) is 0 Å². The number of nitrogens with zero attached hydrogens (tertiary/aromatic N) is 4. The molecule has 92 valence electrons. The van der Waals surface area contributed by atoms with Crippen molar-refractivity contribution in [2.45, 2.75) is 0 Å². The standard InChI is InChI=1S/C14H9BrN4/c15-12-8-6-11(7-9-12)14(10-16)18-19-17-13-4-2-1-3-5-13/h1-9H/b18-14-,19-17?. The first kappa shape index (κ1) is 13.1. The molecule has 0 heterocycles. The maximum Gasteiger partial charge on any atom is 0.172 e. The molecule has 0 aliphatic heterocycles. The Balaban J connectivity index is 2.19. The summed E-state index contributed by atoms with van der Waals surface area (Å²) >= 11 is 3.33. The van der Waals surface area contributed by atoms with Crippen LogP contribution in [-0.2, 0) is 0 Å². The monoisotopic (exact) mass is 312 g/mol. The van der Waals surface area contributed by atoms with Crippen LogP contribution < -0.4 is 0 Å². The summed E-state index contributed by atoms with van der Waals surface area (Å²) in [6.45, 7) is 0. The SMILES string of the molecule is N#C/C(=N/N=Nc1ccccc1)c1ccc(Br)cc1. The van der Waals surface area contributed by atoms with E-state index in [1.54, 1.807) is 12.1 Å². The lowest BCUT2D eigenvalue weighted by Gasteiger charge is -1.95. The molecule has 0 atom stereocenters. The van der Waals surface area contributed by atoms with Crippen LogP contribution in [0.4, 0.5) is 5.69 Å². The summed E-state index contributed by atoms with van der Waals surface area (Å²) in [7, 11) is 0. The van der Waals surface area contributed by atoms with Crippen molar-refractivity contribution >= 4 is 27.3 Å². The molecule has 2 aromatic carbocycles. The maximum atomic E-state index is 9.05. The van der Waals surface area contributed by atoms with Gasteiger partial charge in [0.1, 0.15) is 6.07 Å². The lowest BCUT2D eigenvalue weighted by molar-refractivity contribution is 1.06. The maximum absolute atomic E-state index is 9.05. The van der Waals surface area contributed by atoms with E-state index in [9.17, 15) is 0 Å². The zero-order chi connectivity index (χ0) is 13.5. The van der Waals surface area contributed by atoms with E-state index in [0.29, 0.717) is 11.3 Å². The second kappa shape index (κ2) is 6.57. The van der Waals surface area contributed by atoms with Gasteiger partial charge in [-0.3, -0.25) is 0 Å². The van der Waals surface area contributed by atoms with Gasteiger partial charge in [-0.05, 0) is 29.5 Å². The van der Waals surface area contributed by atoms with Crippen molar-refractivity contribution in [1.29, 1.82) is 5.26 Å². The molecule has 19 heavy (non-hydrogen) atoms. The topological polar surface area (TPSA) is 60.9 Å². The molecule has 0 spiro atoms. The van der Waals surface area contributed by atoms with Crippen LogP contribution in [0.25, 0.3) is 0 Å². The highest BCUT2D eigenvalue weighted by molar-refractivity contribution is 9.10. The van der Waals surface area contributed by atoms with E-state index >= 15 is 0 Å². The zero-order valence-corrected chi connectivity index (χ0v) is 11.4. The molecule has 0 saturated carbocycles. The summed E-state index contributed by atoms with van der Waals surface area (Å²) in [6, 6.07) is 18.5. The van der Waals surface area contributed by atoms with E-state index in [2.05, 4.69) is 31.4 Å². The molecule has 0 radical (unpaired) electrons. The zero-order valence-electron chi connectivity index (χ0n) is 9.86. The van der Waals surface area contributed by atoms with E-state index in [0.717, 1.165) is 4.47 Å². The first-order valence-corrected chi connectivity index (χ1v) is 6.28. The minimum Gasteiger partial charge on any atom is -0.191 e. The minimum absolute atomic E-state index is 0.229. The van der Waals surface area contributed by atoms with Crippen LogP contribution in [0, 0.1) is 11.3 Å². The highest BCUT2D eigenvalue weighted by atomic mass is 79.9. The average molecular weight is 313 g/mol. The van der Waals surface area contributed by atoms with Crippen LogP contribution in [0.1, 0.15) is 5.56 Å². The van der Waals surface area contributed by atoms with Gasteiger partial charge in [-0.25, -0.2) is 0 Å². The summed E-state index contributed by atoms with van der Waals surface area (Å²) in [6.07, 6.45) is 0. The van der Waals surface area contributed by atoms with Crippen LogP contribution >= 0.6 is 15.9 Å². The lowest BCUT2D eigenvalue weighted by atomic mass is 10.1. The number of nitriles is 1. The number of hydrogen-bond acceptors (Lipinski definition) is 3. The van der Waals surface area contributed by atoms with Gasteiger partial charge >= 0.3 is 0 Å². The number of rotatable bonds is 3. The van der Waals surface area contributed by atoms with Crippen LogP contribution in [0.2, 0.25) is 0 Å². The first-order chi connectivity index (χ1) is 9.29. The Morgan fingerprint density at radius 1 is 1.00 bits per heavy atom. The van der Waals surface area contributed by atoms with Crippen molar-refractivity contribution in [2.24, 2.45) is 15.4 Å². The van der Waals surface area contributed by atoms with Crippen molar-refractivity contribution in [1.82, 2.24) is 0 Å². The van der Waals surface area contributed by atoms with Gasteiger partial charge in [0, 0.05) is 10.0 Å². The smallest absolute Gasteiger partial charge is 0.172 e. The molecule has 0 unspecified atom stereocenters. The molecule has 0 saturated heterocycles. The van der Waals surface area contributed by atoms with Crippen molar-refractivity contribution < 1.29 is 0 Å². The summed E-state index contributed by atoms with van der Waals surface area (Å²) in [5, 5.41) is 20.5. The molecule has 0 aliphatic carbocycles. The Bertz CT molecular complexity index is 639. The summed E-state index contributed by atoms with van der Waals surface area (Å²) in [4.78, 5) is 0. The molecule has 0 aromatic heterocycles. The Morgan fingerprint density at radius 2 is 1.68 bits per heavy atom. The molecule has 2 rings (SSSR count). The molecule has 4 nitrogen and oxygen atoms in total. The molecule has 0 fully saturated rings. The van der Waals surface area contributed by atoms with Gasteiger partial charge < -0.3 is 0 Å². The second-order valence-electron chi connectivity index (χ2n) is 3.59. The molecule has 5 heteroatoms. The third-order valence-corrected chi connectivity index (χ3v) is 2.81. The first-order valence-electron chi connectivity index (χ1n) is 5.49. The molecule has 2 aromatic rings. The van der Waals surface area contributed by atoms with Crippen molar-refractivity contribution in [2.75, 3.05) is 0 Å². The second-order valence-corrected chi connectivity index (χ2v) is 4.51. The predicted molar refractivity (Wildman–Crippen MR) is 77.3 cm³/mol. The highest BCUT2D eigenvalue weighted by Gasteiger charge is 2.01. The van der Waals surface area contributed by atoms with Crippen molar-refractivity contribution in [3.05, 3.63) is 64.6 Å².